The molecule has 0 bridgehead atoms. The van der Waals surface area contributed by atoms with Crippen LogP contribution >= 0.6 is 0 Å². The Morgan fingerprint density at radius 2 is 2.40 bits per heavy atom. The van der Waals surface area contributed by atoms with Crippen LogP contribution in [0.1, 0.15) is 0 Å². The van der Waals surface area contributed by atoms with E-state index in [9.17, 15) is 0 Å². The summed E-state index contributed by atoms with van der Waals surface area (Å²) >= 11 is 0. The Morgan fingerprint density at radius 1 is 1.70 bits per heavy atom. The van der Waals surface area contributed by atoms with Crippen LogP contribution in [0.4, 0.5) is 0 Å². The molecule has 1 unspecified atom stereocenters. The van der Waals surface area contributed by atoms with Crippen molar-refractivity contribution in [3.8, 4) is 0 Å². The summed E-state index contributed by atoms with van der Waals surface area (Å²) in [4.78, 5) is 0. The molecule has 0 aromatic rings. The zero-order chi connectivity index (χ0) is 7.82. The number of rotatable bonds is 6. The van der Waals surface area contributed by atoms with Gasteiger partial charge in [0.1, 0.15) is 0 Å². The predicted molar refractivity (Wildman–Crippen MR) is 40.9 cm³/mol. The van der Waals surface area contributed by atoms with Gasteiger partial charge in [0, 0.05) is 13.7 Å². The Morgan fingerprint density at radius 3 is 2.80 bits per heavy atom. The monoisotopic (exact) mass is 145 g/mol. The quantitative estimate of drug-likeness (QED) is 0.541. The lowest BCUT2D eigenvalue weighted by Gasteiger charge is -2.12. The van der Waals surface area contributed by atoms with Crippen molar-refractivity contribution in [2.45, 2.75) is 6.10 Å². The largest absolute Gasteiger partial charge is 0.382 e. The van der Waals surface area contributed by atoms with Gasteiger partial charge in [-0.25, -0.2) is 0 Å². The maximum atomic E-state index is 5.36. The van der Waals surface area contributed by atoms with E-state index in [1.165, 1.54) is 0 Å². The summed E-state index contributed by atoms with van der Waals surface area (Å²) in [7, 11) is 1.62. The van der Waals surface area contributed by atoms with E-state index in [1.807, 2.05) is 0 Å². The normalized spacial score (nSPS) is 13.0. The molecule has 0 aliphatic rings. The summed E-state index contributed by atoms with van der Waals surface area (Å²) in [5.41, 5.74) is 5.36. The van der Waals surface area contributed by atoms with Crippen LogP contribution in [0.5, 0.6) is 0 Å². The smallest absolute Gasteiger partial charge is 0.0934 e. The molecule has 0 heterocycles. The Labute approximate surface area is 61.8 Å². The average Bonchev–Trinajstić information content (AvgIpc) is 1.98. The molecule has 0 saturated carbocycles. The van der Waals surface area contributed by atoms with E-state index in [0.29, 0.717) is 19.8 Å². The Kier molecular flexibility index (Phi) is 6.48. The van der Waals surface area contributed by atoms with Crippen LogP contribution in [-0.2, 0) is 9.47 Å². The number of ether oxygens (including phenoxy) is 2. The summed E-state index contributed by atoms with van der Waals surface area (Å²) in [6.07, 6.45) is 1.70. The van der Waals surface area contributed by atoms with E-state index in [0.717, 1.165) is 0 Å². The van der Waals surface area contributed by atoms with E-state index in [-0.39, 0.29) is 6.10 Å². The maximum absolute atomic E-state index is 5.36. The lowest BCUT2D eigenvalue weighted by Crippen LogP contribution is -2.28. The first-order chi connectivity index (χ1) is 4.85. The first-order valence-electron chi connectivity index (χ1n) is 3.26. The van der Waals surface area contributed by atoms with E-state index in [1.54, 1.807) is 13.2 Å². The van der Waals surface area contributed by atoms with Gasteiger partial charge in [-0.3, -0.25) is 0 Å². The number of hydrogen-bond acceptors (Lipinski definition) is 3. The van der Waals surface area contributed by atoms with Gasteiger partial charge in [-0.15, -0.1) is 6.58 Å². The summed E-state index contributed by atoms with van der Waals surface area (Å²) in [5, 5.41) is 0. The summed E-state index contributed by atoms with van der Waals surface area (Å²) in [6, 6.07) is 0. The Bertz CT molecular complexity index is 85.7. The average molecular weight is 145 g/mol. The van der Waals surface area contributed by atoms with Gasteiger partial charge < -0.3 is 15.2 Å². The molecule has 0 spiro atoms. The van der Waals surface area contributed by atoms with Crippen molar-refractivity contribution >= 4 is 0 Å². The highest BCUT2D eigenvalue weighted by molar-refractivity contribution is 4.67. The van der Waals surface area contributed by atoms with Gasteiger partial charge in [0.25, 0.3) is 0 Å². The first kappa shape index (κ1) is 9.62. The molecule has 3 nitrogen and oxygen atoms in total. The molecule has 0 aromatic heterocycles. The lowest BCUT2D eigenvalue weighted by molar-refractivity contribution is 0.0170. The van der Waals surface area contributed by atoms with Crippen molar-refractivity contribution in [2.75, 3.05) is 26.9 Å². The molecule has 3 heteroatoms. The van der Waals surface area contributed by atoms with Crippen LogP contribution in [-0.4, -0.2) is 33.0 Å². The molecule has 2 N–H and O–H groups in total. The minimum atomic E-state index is 0.00278. The Hall–Kier alpha value is -0.380. The molecule has 0 aliphatic carbocycles. The van der Waals surface area contributed by atoms with Gasteiger partial charge in [0.05, 0.1) is 19.3 Å². The van der Waals surface area contributed by atoms with Crippen LogP contribution < -0.4 is 5.73 Å². The molecule has 1 atom stereocenters. The van der Waals surface area contributed by atoms with Crippen LogP contribution in [0.25, 0.3) is 0 Å². The molecular formula is C7H15NO2. The van der Waals surface area contributed by atoms with Gasteiger partial charge in [0.15, 0.2) is 0 Å². The van der Waals surface area contributed by atoms with Crippen LogP contribution in [0, 0.1) is 0 Å². The minimum Gasteiger partial charge on any atom is -0.382 e. The summed E-state index contributed by atoms with van der Waals surface area (Å²) in [6.45, 7) is 5.09. The van der Waals surface area contributed by atoms with Crippen molar-refractivity contribution in [1.29, 1.82) is 0 Å². The highest BCUT2D eigenvalue weighted by Gasteiger charge is 2.03. The molecule has 0 radical (unpaired) electrons. The van der Waals surface area contributed by atoms with E-state index >= 15 is 0 Å². The van der Waals surface area contributed by atoms with Gasteiger partial charge in [-0.05, 0) is 0 Å². The van der Waals surface area contributed by atoms with Crippen molar-refractivity contribution < 1.29 is 9.47 Å². The maximum Gasteiger partial charge on any atom is 0.0934 e. The molecule has 0 rings (SSSR count). The standard InChI is InChI=1S/C7H15NO2/c1-3-4-10-7(5-8)6-9-2/h3,7H,1,4-6,8H2,2H3. The second kappa shape index (κ2) is 6.74. The zero-order valence-corrected chi connectivity index (χ0v) is 6.38. The second-order valence-corrected chi connectivity index (χ2v) is 1.94. The SMILES string of the molecule is C=CCOC(CN)COC. The molecule has 60 valence electrons. The van der Waals surface area contributed by atoms with Gasteiger partial charge in [-0.1, -0.05) is 6.08 Å². The molecule has 0 saturated heterocycles. The fourth-order valence-electron chi connectivity index (χ4n) is 0.574. The van der Waals surface area contributed by atoms with E-state index in [2.05, 4.69) is 6.58 Å². The van der Waals surface area contributed by atoms with Crippen molar-refractivity contribution in [3.05, 3.63) is 12.7 Å². The van der Waals surface area contributed by atoms with Gasteiger partial charge in [0.2, 0.25) is 0 Å². The number of methoxy groups -OCH3 is 1. The third kappa shape index (κ3) is 4.49. The minimum absolute atomic E-state index is 0.00278. The van der Waals surface area contributed by atoms with Crippen molar-refractivity contribution in [1.82, 2.24) is 0 Å². The molecule has 0 amide bonds. The Balaban J connectivity index is 3.29. The third-order valence-corrected chi connectivity index (χ3v) is 1.07. The third-order valence-electron chi connectivity index (χ3n) is 1.07. The molecule has 0 aromatic carbocycles. The molecule has 0 aliphatic heterocycles. The molecular weight excluding hydrogens is 130 g/mol. The first-order valence-corrected chi connectivity index (χ1v) is 3.26. The summed E-state index contributed by atoms with van der Waals surface area (Å²) < 4.78 is 10.1. The van der Waals surface area contributed by atoms with Gasteiger partial charge >= 0.3 is 0 Å². The van der Waals surface area contributed by atoms with Crippen LogP contribution in [0.2, 0.25) is 0 Å². The van der Waals surface area contributed by atoms with Crippen molar-refractivity contribution in [2.24, 2.45) is 5.73 Å². The summed E-state index contributed by atoms with van der Waals surface area (Å²) in [5.74, 6) is 0. The molecule has 10 heavy (non-hydrogen) atoms. The topological polar surface area (TPSA) is 44.5 Å². The van der Waals surface area contributed by atoms with E-state index in [4.69, 9.17) is 15.2 Å². The van der Waals surface area contributed by atoms with Gasteiger partial charge in [-0.2, -0.15) is 0 Å². The highest BCUT2D eigenvalue weighted by Crippen LogP contribution is 1.89. The lowest BCUT2D eigenvalue weighted by atomic mass is 10.4. The second-order valence-electron chi connectivity index (χ2n) is 1.94. The van der Waals surface area contributed by atoms with E-state index < -0.39 is 0 Å². The number of hydrogen-bond donors (Lipinski definition) is 1. The van der Waals surface area contributed by atoms with Crippen LogP contribution in [0.15, 0.2) is 12.7 Å². The van der Waals surface area contributed by atoms with Crippen molar-refractivity contribution in [3.63, 3.8) is 0 Å². The predicted octanol–water partition coefficient (Wildman–Crippen LogP) is 0.163. The fraction of sp³-hybridized carbons (Fsp3) is 0.714. The van der Waals surface area contributed by atoms with Crippen LogP contribution in [0.3, 0.4) is 0 Å². The number of nitrogens with two attached hydrogens (primary N) is 1. The fourth-order valence-corrected chi connectivity index (χ4v) is 0.574. The zero-order valence-electron chi connectivity index (χ0n) is 6.38. The molecule has 0 fully saturated rings. The highest BCUT2D eigenvalue weighted by atomic mass is 16.5.